The number of aromatic nitrogens is 2. The number of fused-ring (bicyclic) bond motifs is 1. The molecule has 1 amide bonds. The van der Waals surface area contributed by atoms with E-state index in [-0.39, 0.29) is 5.91 Å². The van der Waals surface area contributed by atoms with E-state index in [0.717, 1.165) is 0 Å². The number of carbonyl (C=O) groups is 1. The Bertz CT molecular complexity index is 928. The number of nitrogens with zero attached hydrogens (tertiary/aromatic N) is 2. The van der Waals surface area contributed by atoms with Gasteiger partial charge in [-0.3, -0.25) is 9.20 Å². The van der Waals surface area contributed by atoms with E-state index >= 15 is 0 Å². The summed E-state index contributed by atoms with van der Waals surface area (Å²) in [6.45, 7) is 0. The van der Waals surface area contributed by atoms with Crippen molar-refractivity contribution in [2.24, 2.45) is 0 Å². The summed E-state index contributed by atoms with van der Waals surface area (Å²) in [5, 5.41) is 3.09. The van der Waals surface area contributed by atoms with Gasteiger partial charge < -0.3 is 14.8 Å². The van der Waals surface area contributed by atoms with Crippen LogP contribution in [0.25, 0.3) is 11.7 Å². The van der Waals surface area contributed by atoms with Gasteiger partial charge >= 0.3 is 0 Å². The number of benzene rings is 1. The van der Waals surface area contributed by atoms with E-state index in [1.54, 1.807) is 42.9 Å². The Hall–Kier alpha value is -2.99. The first-order valence-corrected chi connectivity index (χ1v) is 7.83. The molecule has 0 unspecified atom stereocenters. The maximum absolute atomic E-state index is 12.2. The number of ether oxygens (including phenoxy) is 2. The molecule has 3 rings (SSSR count). The standard InChI is InChI=1S/C18H16ClN3O3/c1-24-13-9-12(10-14(11-13)25-2)20-17(23)7-6-15-18(19)21-16-5-3-4-8-22(15)16/h3-11H,1-2H3,(H,20,23). The molecule has 0 aliphatic carbocycles. The summed E-state index contributed by atoms with van der Waals surface area (Å²) in [6, 6.07) is 10.7. The molecular formula is C18H16ClN3O3. The molecule has 6 nitrogen and oxygen atoms in total. The summed E-state index contributed by atoms with van der Waals surface area (Å²) in [6.07, 6.45) is 4.85. The molecule has 0 saturated carbocycles. The zero-order valence-corrected chi connectivity index (χ0v) is 14.4. The number of imidazole rings is 1. The van der Waals surface area contributed by atoms with Crippen molar-refractivity contribution in [2.45, 2.75) is 0 Å². The van der Waals surface area contributed by atoms with Gasteiger partial charge in [0.2, 0.25) is 5.91 Å². The Kier molecular flexibility index (Phi) is 4.90. The van der Waals surface area contributed by atoms with Gasteiger partial charge in [0.15, 0.2) is 5.15 Å². The number of methoxy groups -OCH3 is 2. The fraction of sp³-hybridized carbons (Fsp3) is 0.111. The molecule has 0 aliphatic rings. The van der Waals surface area contributed by atoms with Crippen molar-refractivity contribution >= 4 is 34.9 Å². The van der Waals surface area contributed by atoms with Crippen LogP contribution in [-0.4, -0.2) is 29.5 Å². The maximum Gasteiger partial charge on any atom is 0.248 e. The SMILES string of the molecule is COc1cc(NC(=O)C=Cc2c(Cl)nc3ccccn23)cc(OC)c1. The molecule has 0 spiro atoms. The summed E-state index contributed by atoms with van der Waals surface area (Å²) in [5.74, 6) is 0.865. The molecule has 0 aliphatic heterocycles. The fourth-order valence-corrected chi connectivity index (χ4v) is 2.59. The number of pyridine rings is 1. The number of amides is 1. The van der Waals surface area contributed by atoms with E-state index in [9.17, 15) is 4.79 Å². The van der Waals surface area contributed by atoms with E-state index in [4.69, 9.17) is 21.1 Å². The third-order valence-electron chi connectivity index (χ3n) is 3.53. The lowest BCUT2D eigenvalue weighted by molar-refractivity contribution is -0.111. The smallest absolute Gasteiger partial charge is 0.248 e. The number of rotatable bonds is 5. The van der Waals surface area contributed by atoms with E-state index in [2.05, 4.69) is 10.3 Å². The monoisotopic (exact) mass is 357 g/mol. The average Bonchev–Trinajstić information content (AvgIpc) is 2.94. The molecule has 7 heteroatoms. The summed E-state index contributed by atoms with van der Waals surface area (Å²) >= 11 is 6.14. The number of hydrogen-bond donors (Lipinski definition) is 1. The van der Waals surface area contributed by atoms with Gasteiger partial charge in [-0.05, 0) is 18.2 Å². The first kappa shape index (κ1) is 16.9. The number of nitrogens with one attached hydrogen (secondary N) is 1. The third kappa shape index (κ3) is 3.75. The Morgan fingerprint density at radius 1 is 1.20 bits per heavy atom. The topological polar surface area (TPSA) is 64.9 Å². The van der Waals surface area contributed by atoms with Gasteiger partial charge in [-0.25, -0.2) is 4.98 Å². The number of carbonyl (C=O) groups excluding carboxylic acids is 1. The fourth-order valence-electron chi connectivity index (χ4n) is 2.35. The molecule has 0 saturated heterocycles. The third-order valence-corrected chi connectivity index (χ3v) is 3.81. The van der Waals surface area contributed by atoms with Crippen LogP contribution in [0.5, 0.6) is 11.5 Å². The first-order valence-electron chi connectivity index (χ1n) is 7.45. The first-order chi connectivity index (χ1) is 12.1. The molecule has 1 aromatic carbocycles. The summed E-state index contributed by atoms with van der Waals surface area (Å²) < 4.78 is 12.2. The van der Waals surface area contributed by atoms with Crippen LogP contribution in [0.4, 0.5) is 5.69 Å². The van der Waals surface area contributed by atoms with E-state index in [0.29, 0.717) is 33.7 Å². The molecule has 0 bridgehead atoms. The lowest BCUT2D eigenvalue weighted by atomic mass is 10.2. The lowest BCUT2D eigenvalue weighted by Gasteiger charge is -2.08. The van der Waals surface area contributed by atoms with Gasteiger partial charge in [-0.2, -0.15) is 0 Å². The van der Waals surface area contributed by atoms with Gasteiger partial charge in [0, 0.05) is 36.2 Å². The minimum atomic E-state index is -0.308. The van der Waals surface area contributed by atoms with Crippen LogP contribution in [0.15, 0.2) is 48.7 Å². The van der Waals surface area contributed by atoms with Crippen molar-refractivity contribution < 1.29 is 14.3 Å². The minimum Gasteiger partial charge on any atom is -0.497 e. The summed E-state index contributed by atoms with van der Waals surface area (Å²) in [7, 11) is 3.10. The predicted octanol–water partition coefficient (Wildman–Crippen LogP) is 3.66. The molecule has 0 radical (unpaired) electrons. The van der Waals surface area contributed by atoms with E-state index in [1.807, 2.05) is 24.4 Å². The molecule has 3 aromatic rings. The lowest BCUT2D eigenvalue weighted by Crippen LogP contribution is -2.08. The van der Waals surface area contributed by atoms with Crippen LogP contribution >= 0.6 is 11.6 Å². The van der Waals surface area contributed by atoms with Crippen LogP contribution in [0.2, 0.25) is 5.15 Å². The zero-order chi connectivity index (χ0) is 17.8. The largest absolute Gasteiger partial charge is 0.497 e. The molecule has 2 heterocycles. The molecule has 0 atom stereocenters. The van der Waals surface area contributed by atoms with Crippen LogP contribution < -0.4 is 14.8 Å². The second-order valence-electron chi connectivity index (χ2n) is 5.14. The Morgan fingerprint density at radius 3 is 2.60 bits per heavy atom. The molecule has 2 aromatic heterocycles. The second-order valence-corrected chi connectivity index (χ2v) is 5.50. The van der Waals surface area contributed by atoms with Gasteiger partial charge in [-0.15, -0.1) is 0 Å². The van der Waals surface area contributed by atoms with E-state index < -0.39 is 0 Å². The molecular weight excluding hydrogens is 342 g/mol. The molecule has 25 heavy (non-hydrogen) atoms. The van der Waals surface area contributed by atoms with Crippen molar-refractivity contribution in [3.63, 3.8) is 0 Å². The van der Waals surface area contributed by atoms with Crippen molar-refractivity contribution in [1.82, 2.24) is 9.38 Å². The second kappa shape index (κ2) is 7.27. The van der Waals surface area contributed by atoms with Crippen molar-refractivity contribution in [3.8, 4) is 11.5 Å². The van der Waals surface area contributed by atoms with E-state index in [1.165, 1.54) is 6.08 Å². The van der Waals surface area contributed by atoms with Crippen LogP contribution in [0.3, 0.4) is 0 Å². The van der Waals surface area contributed by atoms with Gasteiger partial charge in [-0.1, -0.05) is 17.7 Å². The zero-order valence-electron chi connectivity index (χ0n) is 13.7. The van der Waals surface area contributed by atoms with Crippen LogP contribution in [-0.2, 0) is 4.79 Å². The van der Waals surface area contributed by atoms with Gasteiger partial charge in [0.25, 0.3) is 0 Å². The van der Waals surface area contributed by atoms with Gasteiger partial charge in [0.1, 0.15) is 17.1 Å². The highest BCUT2D eigenvalue weighted by Crippen LogP contribution is 2.26. The highest BCUT2D eigenvalue weighted by Gasteiger charge is 2.08. The molecule has 1 N–H and O–H groups in total. The van der Waals surface area contributed by atoms with Crippen molar-refractivity contribution in [3.05, 3.63) is 59.5 Å². The quantitative estimate of drug-likeness (QED) is 0.708. The maximum atomic E-state index is 12.2. The molecule has 128 valence electrons. The van der Waals surface area contributed by atoms with Crippen molar-refractivity contribution in [2.75, 3.05) is 19.5 Å². The number of hydrogen-bond acceptors (Lipinski definition) is 4. The van der Waals surface area contributed by atoms with Crippen molar-refractivity contribution in [1.29, 1.82) is 0 Å². The minimum absolute atomic E-state index is 0.308. The molecule has 0 fully saturated rings. The van der Waals surface area contributed by atoms with Crippen LogP contribution in [0, 0.1) is 0 Å². The Morgan fingerprint density at radius 2 is 1.92 bits per heavy atom. The average molecular weight is 358 g/mol. The van der Waals surface area contributed by atoms with Gasteiger partial charge in [0.05, 0.1) is 19.9 Å². The summed E-state index contributed by atoms with van der Waals surface area (Å²) in [5.41, 5.74) is 1.91. The Labute approximate surface area is 149 Å². The number of halogens is 1. The normalized spacial score (nSPS) is 11.0. The Balaban J connectivity index is 1.80. The number of anilines is 1. The summed E-state index contributed by atoms with van der Waals surface area (Å²) in [4.78, 5) is 16.4. The van der Waals surface area contributed by atoms with Crippen LogP contribution in [0.1, 0.15) is 5.69 Å². The highest BCUT2D eigenvalue weighted by molar-refractivity contribution is 6.31. The highest BCUT2D eigenvalue weighted by atomic mass is 35.5. The predicted molar refractivity (Wildman–Crippen MR) is 97.4 cm³/mol.